The van der Waals surface area contributed by atoms with Crippen LogP contribution in [0.15, 0.2) is 64.2 Å². The first-order chi connectivity index (χ1) is 14.4. The maximum absolute atomic E-state index is 14.3. The molecule has 3 aromatic rings. The summed E-state index contributed by atoms with van der Waals surface area (Å²) in [7, 11) is -3.99. The van der Waals surface area contributed by atoms with Crippen LogP contribution in [0.5, 0.6) is 0 Å². The molecule has 2 heterocycles. The van der Waals surface area contributed by atoms with E-state index in [1.54, 1.807) is 41.3 Å². The molecular weight excluding hydrogens is 475 g/mol. The zero-order chi connectivity index (χ0) is 21.3. The average molecular weight is 493 g/mol. The van der Waals surface area contributed by atoms with Gasteiger partial charge in [0, 0.05) is 24.8 Å². The first-order valence-corrected chi connectivity index (χ1v) is 11.5. The molecule has 0 aliphatic carbocycles. The van der Waals surface area contributed by atoms with Crippen molar-refractivity contribution in [1.82, 2.24) is 14.1 Å². The summed E-state index contributed by atoms with van der Waals surface area (Å²) in [6.45, 7) is 0.704. The summed E-state index contributed by atoms with van der Waals surface area (Å²) in [6, 6.07) is 10.4. The van der Waals surface area contributed by atoms with Gasteiger partial charge in [0.1, 0.15) is 10.7 Å². The van der Waals surface area contributed by atoms with Crippen LogP contribution in [0.4, 0.5) is 10.1 Å². The predicted molar refractivity (Wildman–Crippen MR) is 114 cm³/mol. The lowest BCUT2D eigenvalue weighted by atomic mass is 10.2. The van der Waals surface area contributed by atoms with Crippen LogP contribution in [0.25, 0.3) is 5.69 Å². The molecule has 0 saturated carbocycles. The number of amides is 1. The third kappa shape index (κ3) is 4.03. The van der Waals surface area contributed by atoms with Gasteiger partial charge in [-0.1, -0.05) is 12.1 Å². The average Bonchev–Trinajstić information content (AvgIpc) is 3.41. The highest BCUT2D eigenvalue weighted by Crippen LogP contribution is 2.26. The molecule has 1 fully saturated rings. The highest BCUT2D eigenvalue weighted by atomic mass is 79.9. The number of nitrogens with zero attached hydrogens (tertiary/aromatic N) is 3. The number of benzene rings is 2. The number of anilines is 1. The van der Waals surface area contributed by atoms with E-state index in [1.807, 2.05) is 0 Å². The van der Waals surface area contributed by atoms with Crippen molar-refractivity contribution in [2.75, 3.05) is 18.4 Å². The number of hydrogen-bond acceptors (Lipinski definition) is 4. The summed E-state index contributed by atoms with van der Waals surface area (Å²) in [5, 5.41) is 6.97. The Kier molecular flexibility index (Phi) is 5.72. The monoisotopic (exact) mass is 492 g/mol. The topological polar surface area (TPSA) is 84.3 Å². The van der Waals surface area contributed by atoms with Gasteiger partial charge in [0.15, 0.2) is 0 Å². The molecule has 1 aliphatic rings. The Labute approximate surface area is 181 Å². The molecule has 4 rings (SSSR count). The summed E-state index contributed by atoms with van der Waals surface area (Å²) < 4.78 is 43.5. The van der Waals surface area contributed by atoms with Crippen LogP contribution in [-0.2, 0) is 10.0 Å². The number of rotatable bonds is 5. The first-order valence-electron chi connectivity index (χ1n) is 9.27. The van der Waals surface area contributed by atoms with Crippen molar-refractivity contribution in [3.05, 3.63) is 70.7 Å². The Balaban J connectivity index is 1.64. The van der Waals surface area contributed by atoms with Crippen LogP contribution in [-0.4, -0.2) is 41.5 Å². The summed E-state index contributed by atoms with van der Waals surface area (Å²) in [4.78, 5) is 12.3. The molecule has 1 aliphatic heterocycles. The SMILES string of the molecule is O=C(Nc1ccccc1-n1cc(Br)cn1)c1ccc(F)c(S(=O)(=O)N2CCCC2)c1. The van der Waals surface area contributed by atoms with Gasteiger partial charge in [-0.25, -0.2) is 17.5 Å². The lowest BCUT2D eigenvalue weighted by Crippen LogP contribution is -2.29. The molecule has 0 bridgehead atoms. The van der Waals surface area contributed by atoms with Crippen molar-refractivity contribution in [2.24, 2.45) is 0 Å². The Morgan fingerprint density at radius 3 is 2.57 bits per heavy atom. The fourth-order valence-corrected chi connectivity index (χ4v) is 5.21. The number of halogens is 2. The largest absolute Gasteiger partial charge is 0.320 e. The fraction of sp³-hybridized carbons (Fsp3) is 0.200. The number of nitrogens with one attached hydrogen (secondary N) is 1. The smallest absolute Gasteiger partial charge is 0.255 e. The van der Waals surface area contributed by atoms with E-state index in [9.17, 15) is 17.6 Å². The molecule has 0 atom stereocenters. The van der Waals surface area contributed by atoms with Crippen molar-refractivity contribution < 1.29 is 17.6 Å². The highest BCUT2D eigenvalue weighted by molar-refractivity contribution is 9.10. The molecule has 10 heteroatoms. The van der Waals surface area contributed by atoms with Gasteiger partial charge in [-0.3, -0.25) is 4.79 Å². The second kappa shape index (κ2) is 8.29. The van der Waals surface area contributed by atoms with Gasteiger partial charge < -0.3 is 5.32 Å². The molecule has 7 nitrogen and oxygen atoms in total. The molecule has 1 saturated heterocycles. The van der Waals surface area contributed by atoms with Crippen molar-refractivity contribution >= 4 is 37.5 Å². The number of carbonyl (C=O) groups excluding carboxylic acids is 1. The minimum Gasteiger partial charge on any atom is -0.320 e. The number of aromatic nitrogens is 2. The van der Waals surface area contributed by atoms with E-state index in [2.05, 4.69) is 26.3 Å². The molecule has 0 unspecified atom stereocenters. The normalized spacial score (nSPS) is 14.7. The Morgan fingerprint density at radius 1 is 1.13 bits per heavy atom. The number of sulfonamides is 1. The summed E-state index contributed by atoms with van der Waals surface area (Å²) in [5.74, 6) is -1.42. The van der Waals surface area contributed by atoms with Crippen LogP contribution in [0, 0.1) is 5.82 Å². The van der Waals surface area contributed by atoms with Crippen LogP contribution < -0.4 is 5.32 Å². The number of carbonyl (C=O) groups is 1. The van der Waals surface area contributed by atoms with Crippen LogP contribution in [0.2, 0.25) is 0 Å². The van der Waals surface area contributed by atoms with Crippen LogP contribution >= 0.6 is 15.9 Å². The van der Waals surface area contributed by atoms with E-state index in [4.69, 9.17) is 0 Å². The van der Waals surface area contributed by atoms with Crippen molar-refractivity contribution in [3.63, 3.8) is 0 Å². The quantitative estimate of drug-likeness (QED) is 0.586. The fourth-order valence-electron chi connectivity index (χ4n) is 3.32. The van der Waals surface area contributed by atoms with Gasteiger partial charge in [-0.15, -0.1) is 0 Å². The Morgan fingerprint density at radius 2 is 1.87 bits per heavy atom. The third-order valence-corrected chi connectivity index (χ3v) is 7.15. The molecule has 1 amide bonds. The van der Waals surface area contributed by atoms with Gasteiger partial charge in [0.25, 0.3) is 5.91 Å². The number of hydrogen-bond donors (Lipinski definition) is 1. The summed E-state index contributed by atoms with van der Waals surface area (Å²) in [5.41, 5.74) is 1.15. The summed E-state index contributed by atoms with van der Waals surface area (Å²) >= 11 is 3.34. The van der Waals surface area contributed by atoms with Crippen molar-refractivity contribution in [1.29, 1.82) is 0 Å². The molecule has 1 aromatic heterocycles. The van der Waals surface area contributed by atoms with Gasteiger partial charge in [-0.05, 0) is 59.1 Å². The van der Waals surface area contributed by atoms with Crippen LogP contribution in [0.3, 0.4) is 0 Å². The number of para-hydroxylation sites is 2. The third-order valence-electron chi connectivity index (χ3n) is 4.83. The van der Waals surface area contributed by atoms with E-state index in [1.165, 1.54) is 10.4 Å². The zero-order valence-corrected chi connectivity index (χ0v) is 18.2. The molecule has 30 heavy (non-hydrogen) atoms. The molecule has 156 valence electrons. The van der Waals surface area contributed by atoms with E-state index in [0.717, 1.165) is 29.4 Å². The highest BCUT2D eigenvalue weighted by Gasteiger charge is 2.30. The molecule has 1 N–H and O–H groups in total. The van der Waals surface area contributed by atoms with Gasteiger partial charge in [0.05, 0.1) is 22.0 Å². The van der Waals surface area contributed by atoms with E-state index in [0.29, 0.717) is 24.5 Å². The lowest BCUT2D eigenvalue weighted by molar-refractivity contribution is 0.102. The predicted octanol–water partition coefficient (Wildman–Crippen LogP) is 3.81. The van der Waals surface area contributed by atoms with Gasteiger partial charge in [0.2, 0.25) is 10.0 Å². The van der Waals surface area contributed by atoms with Crippen molar-refractivity contribution in [3.8, 4) is 5.69 Å². The Hall–Kier alpha value is -2.56. The maximum Gasteiger partial charge on any atom is 0.255 e. The molecule has 0 radical (unpaired) electrons. The van der Waals surface area contributed by atoms with Crippen LogP contribution in [0.1, 0.15) is 23.2 Å². The molecule has 2 aromatic carbocycles. The van der Waals surface area contributed by atoms with Gasteiger partial charge >= 0.3 is 0 Å². The lowest BCUT2D eigenvalue weighted by Gasteiger charge is -2.17. The zero-order valence-electron chi connectivity index (χ0n) is 15.8. The minimum atomic E-state index is -3.99. The van der Waals surface area contributed by atoms with Gasteiger partial charge in [-0.2, -0.15) is 9.40 Å². The van der Waals surface area contributed by atoms with E-state index in [-0.39, 0.29) is 5.56 Å². The molecular formula is C20H18BrFN4O3S. The maximum atomic E-state index is 14.3. The summed E-state index contributed by atoms with van der Waals surface area (Å²) in [6.07, 6.45) is 4.83. The second-order valence-corrected chi connectivity index (χ2v) is 9.65. The van der Waals surface area contributed by atoms with E-state index >= 15 is 0 Å². The molecule has 0 spiro atoms. The minimum absolute atomic E-state index is 0.0469. The second-order valence-electron chi connectivity index (χ2n) is 6.83. The standard InChI is InChI=1S/C20H18BrFN4O3S/c21-15-12-23-26(13-15)18-6-2-1-5-17(18)24-20(27)14-7-8-16(22)19(11-14)30(28,29)25-9-3-4-10-25/h1-2,5-8,11-13H,3-4,9-10H2,(H,24,27). The van der Waals surface area contributed by atoms with E-state index < -0.39 is 26.6 Å². The Bertz CT molecular complexity index is 1210. The first kappa shape index (κ1) is 20.7. The van der Waals surface area contributed by atoms with Crippen molar-refractivity contribution in [2.45, 2.75) is 17.7 Å².